The average molecular weight is 370 g/mol. The van der Waals surface area contributed by atoms with Crippen molar-refractivity contribution in [3.63, 3.8) is 0 Å². The Balaban J connectivity index is 1.60. The summed E-state index contributed by atoms with van der Waals surface area (Å²) < 4.78 is 5.49. The molecule has 27 heavy (non-hydrogen) atoms. The lowest BCUT2D eigenvalue weighted by Gasteiger charge is -2.33. The summed E-state index contributed by atoms with van der Waals surface area (Å²) in [5, 5.41) is 7.29. The minimum atomic E-state index is 0.0551. The first-order valence-corrected chi connectivity index (χ1v) is 10.0. The van der Waals surface area contributed by atoms with E-state index in [0.717, 1.165) is 49.9 Å². The molecule has 0 bridgehead atoms. The number of piperidine rings is 1. The van der Waals surface area contributed by atoms with Crippen LogP contribution in [0.2, 0.25) is 0 Å². The van der Waals surface area contributed by atoms with Crippen LogP contribution in [0.4, 0.5) is 4.79 Å². The van der Waals surface area contributed by atoms with Crippen molar-refractivity contribution >= 4 is 6.03 Å². The number of nitrogens with zero attached hydrogens (tertiary/aromatic N) is 3. The zero-order valence-electron chi connectivity index (χ0n) is 16.6. The van der Waals surface area contributed by atoms with Crippen LogP contribution in [-0.4, -0.2) is 40.2 Å². The molecule has 2 heterocycles. The predicted octanol–water partition coefficient (Wildman–Crippen LogP) is 4.20. The number of aryl methyl sites for hydroxylation is 1. The van der Waals surface area contributed by atoms with Crippen molar-refractivity contribution in [3.8, 4) is 11.4 Å². The quantitative estimate of drug-likeness (QED) is 0.827. The molecule has 146 valence electrons. The van der Waals surface area contributed by atoms with E-state index in [9.17, 15) is 4.79 Å². The van der Waals surface area contributed by atoms with Gasteiger partial charge in [-0.1, -0.05) is 43.3 Å². The summed E-state index contributed by atoms with van der Waals surface area (Å²) in [5.41, 5.74) is 2.13. The standard InChI is InChI=1S/C21H30N4O2/c1-4-17(5-2)22-21(26)25-12-8-10-16(14-25)13-19-23-20(24-27-19)18-11-7-6-9-15(18)3/h6-7,9,11,16-17H,4-5,8,10,12-14H2,1-3H3,(H,22,26). The van der Waals surface area contributed by atoms with Crippen LogP contribution < -0.4 is 5.32 Å². The number of benzene rings is 1. The van der Waals surface area contributed by atoms with Gasteiger partial charge in [-0.25, -0.2) is 4.79 Å². The molecule has 0 radical (unpaired) electrons. The van der Waals surface area contributed by atoms with Gasteiger partial charge in [-0.2, -0.15) is 4.98 Å². The number of hydrogen-bond acceptors (Lipinski definition) is 4. The van der Waals surface area contributed by atoms with Crippen molar-refractivity contribution in [3.05, 3.63) is 35.7 Å². The maximum absolute atomic E-state index is 12.5. The van der Waals surface area contributed by atoms with Gasteiger partial charge in [0.05, 0.1) is 0 Å². The van der Waals surface area contributed by atoms with Gasteiger partial charge in [-0.3, -0.25) is 0 Å². The van der Waals surface area contributed by atoms with E-state index in [1.165, 1.54) is 0 Å². The Morgan fingerprint density at radius 3 is 2.85 bits per heavy atom. The minimum absolute atomic E-state index is 0.0551. The first kappa shape index (κ1) is 19.4. The van der Waals surface area contributed by atoms with Crippen molar-refractivity contribution < 1.29 is 9.32 Å². The Bertz CT molecular complexity index is 754. The Hall–Kier alpha value is -2.37. The van der Waals surface area contributed by atoms with Crippen molar-refractivity contribution in [1.29, 1.82) is 0 Å². The molecule has 6 nitrogen and oxygen atoms in total. The van der Waals surface area contributed by atoms with Gasteiger partial charge in [0.25, 0.3) is 0 Å². The molecule has 1 aliphatic heterocycles. The third-order valence-electron chi connectivity index (χ3n) is 5.44. The lowest BCUT2D eigenvalue weighted by molar-refractivity contribution is 0.158. The van der Waals surface area contributed by atoms with E-state index < -0.39 is 0 Å². The zero-order valence-corrected chi connectivity index (χ0v) is 16.6. The van der Waals surface area contributed by atoms with E-state index >= 15 is 0 Å². The van der Waals surface area contributed by atoms with Crippen LogP contribution in [0.1, 0.15) is 51.0 Å². The molecule has 1 atom stereocenters. The van der Waals surface area contributed by atoms with Gasteiger partial charge in [-0.05, 0) is 44.1 Å². The molecule has 3 rings (SSSR count). The van der Waals surface area contributed by atoms with Crippen molar-refractivity contribution in [2.24, 2.45) is 5.92 Å². The Kier molecular flexibility index (Phi) is 6.48. The van der Waals surface area contributed by atoms with Gasteiger partial charge < -0.3 is 14.7 Å². The number of carbonyl (C=O) groups is 1. The third-order valence-corrected chi connectivity index (χ3v) is 5.44. The molecular formula is C21H30N4O2. The maximum atomic E-state index is 12.5. The highest BCUT2D eigenvalue weighted by atomic mass is 16.5. The lowest BCUT2D eigenvalue weighted by atomic mass is 9.95. The number of urea groups is 1. The SMILES string of the molecule is CCC(CC)NC(=O)N1CCCC(Cc2nc(-c3ccccc3C)no2)C1. The molecular weight excluding hydrogens is 340 g/mol. The fourth-order valence-electron chi connectivity index (χ4n) is 3.69. The van der Waals surface area contributed by atoms with Crippen molar-refractivity contribution in [1.82, 2.24) is 20.4 Å². The second kappa shape index (κ2) is 9.02. The van der Waals surface area contributed by atoms with Crippen LogP contribution in [0, 0.1) is 12.8 Å². The number of aromatic nitrogens is 2. The molecule has 0 spiro atoms. The Morgan fingerprint density at radius 2 is 2.11 bits per heavy atom. The minimum Gasteiger partial charge on any atom is -0.339 e. The Morgan fingerprint density at radius 1 is 1.33 bits per heavy atom. The van der Waals surface area contributed by atoms with Crippen LogP contribution in [0.3, 0.4) is 0 Å². The van der Waals surface area contributed by atoms with Crippen molar-refractivity contribution in [2.75, 3.05) is 13.1 Å². The van der Waals surface area contributed by atoms with E-state index in [0.29, 0.717) is 24.1 Å². The predicted molar refractivity (Wildman–Crippen MR) is 105 cm³/mol. The molecule has 1 aromatic carbocycles. The van der Waals surface area contributed by atoms with Gasteiger partial charge in [0, 0.05) is 31.1 Å². The first-order chi connectivity index (χ1) is 13.1. The number of amides is 2. The number of rotatable bonds is 6. The van der Waals surface area contributed by atoms with Crippen LogP contribution in [0.25, 0.3) is 11.4 Å². The van der Waals surface area contributed by atoms with Crippen LogP contribution >= 0.6 is 0 Å². The summed E-state index contributed by atoms with van der Waals surface area (Å²) >= 11 is 0. The number of likely N-dealkylation sites (tertiary alicyclic amines) is 1. The summed E-state index contributed by atoms with van der Waals surface area (Å²) in [7, 11) is 0. The molecule has 1 aliphatic rings. The van der Waals surface area contributed by atoms with E-state index in [1.807, 2.05) is 36.1 Å². The topological polar surface area (TPSA) is 71.3 Å². The van der Waals surface area contributed by atoms with Gasteiger partial charge >= 0.3 is 6.03 Å². The summed E-state index contributed by atoms with van der Waals surface area (Å²) in [4.78, 5) is 19.0. The second-order valence-electron chi connectivity index (χ2n) is 7.45. The first-order valence-electron chi connectivity index (χ1n) is 10.0. The van der Waals surface area contributed by atoms with Gasteiger partial charge in [-0.15, -0.1) is 0 Å². The molecule has 1 fully saturated rings. The van der Waals surface area contributed by atoms with Gasteiger partial charge in [0.1, 0.15) is 0 Å². The highest BCUT2D eigenvalue weighted by molar-refractivity contribution is 5.74. The maximum Gasteiger partial charge on any atom is 0.317 e. The van der Waals surface area contributed by atoms with E-state index in [1.54, 1.807) is 0 Å². The van der Waals surface area contributed by atoms with Crippen molar-refractivity contribution in [2.45, 2.75) is 58.9 Å². The molecule has 1 aromatic heterocycles. The van der Waals surface area contributed by atoms with E-state index in [2.05, 4.69) is 29.3 Å². The summed E-state index contributed by atoms with van der Waals surface area (Å²) in [6.45, 7) is 7.82. The summed E-state index contributed by atoms with van der Waals surface area (Å²) in [6, 6.07) is 8.35. The van der Waals surface area contributed by atoms with Crippen LogP contribution in [0.5, 0.6) is 0 Å². The largest absolute Gasteiger partial charge is 0.339 e. The molecule has 0 aliphatic carbocycles. The smallest absolute Gasteiger partial charge is 0.317 e. The monoisotopic (exact) mass is 370 g/mol. The molecule has 1 N–H and O–H groups in total. The summed E-state index contributed by atoms with van der Waals surface area (Å²) in [6.07, 6.45) is 4.73. The normalized spacial score (nSPS) is 17.3. The van der Waals surface area contributed by atoms with Gasteiger partial charge in [0.15, 0.2) is 0 Å². The lowest BCUT2D eigenvalue weighted by Crippen LogP contribution is -2.48. The second-order valence-corrected chi connectivity index (χ2v) is 7.45. The van der Waals surface area contributed by atoms with Crippen LogP contribution in [-0.2, 0) is 6.42 Å². The molecule has 2 amide bonds. The third kappa shape index (κ3) is 4.87. The van der Waals surface area contributed by atoms with E-state index in [-0.39, 0.29) is 12.1 Å². The molecule has 2 aromatic rings. The fraction of sp³-hybridized carbons (Fsp3) is 0.571. The fourth-order valence-corrected chi connectivity index (χ4v) is 3.69. The zero-order chi connectivity index (χ0) is 19.2. The molecule has 6 heteroatoms. The highest BCUT2D eigenvalue weighted by Crippen LogP contribution is 2.23. The molecule has 1 saturated heterocycles. The number of carbonyl (C=O) groups excluding carboxylic acids is 1. The summed E-state index contributed by atoms with van der Waals surface area (Å²) in [5.74, 6) is 1.65. The molecule has 0 saturated carbocycles. The number of nitrogens with one attached hydrogen (secondary N) is 1. The average Bonchev–Trinajstić information content (AvgIpc) is 3.14. The highest BCUT2D eigenvalue weighted by Gasteiger charge is 2.26. The molecule has 1 unspecified atom stereocenters. The Labute approximate surface area is 161 Å². The van der Waals surface area contributed by atoms with Gasteiger partial charge in [0.2, 0.25) is 11.7 Å². The van der Waals surface area contributed by atoms with E-state index in [4.69, 9.17) is 4.52 Å². The number of hydrogen-bond donors (Lipinski definition) is 1. The van der Waals surface area contributed by atoms with Crippen LogP contribution in [0.15, 0.2) is 28.8 Å².